The number of hydrogen-bond acceptors (Lipinski definition) is 9. The van der Waals surface area contributed by atoms with E-state index in [2.05, 4.69) is 25.0 Å². The highest BCUT2D eigenvalue weighted by Crippen LogP contribution is 2.24. The van der Waals surface area contributed by atoms with Gasteiger partial charge in [0.1, 0.15) is 5.82 Å². The van der Waals surface area contributed by atoms with Crippen LogP contribution in [0.1, 0.15) is 40.1 Å². The Morgan fingerprint density at radius 2 is 1.69 bits per heavy atom. The van der Waals surface area contributed by atoms with Gasteiger partial charge in [0.25, 0.3) is 11.8 Å². The minimum Gasteiger partial charge on any atom is -0.475 e. The summed E-state index contributed by atoms with van der Waals surface area (Å²) >= 11 is 0. The molecule has 0 saturated heterocycles. The van der Waals surface area contributed by atoms with Gasteiger partial charge < -0.3 is 24.4 Å². The maximum absolute atomic E-state index is 12.9. The number of methoxy groups -OCH3 is 1. The molecule has 0 bridgehead atoms. The van der Waals surface area contributed by atoms with Gasteiger partial charge in [0.15, 0.2) is 0 Å². The van der Waals surface area contributed by atoms with Crippen molar-refractivity contribution in [1.82, 2.24) is 19.9 Å². The van der Waals surface area contributed by atoms with Crippen LogP contribution in [0, 0.1) is 0 Å². The summed E-state index contributed by atoms with van der Waals surface area (Å²) in [4.78, 5) is 50.4. The van der Waals surface area contributed by atoms with Crippen LogP contribution in [0.15, 0.2) is 48.8 Å². The smallest absolute Gasteiger partial charge is 0.310 e. The third-order valence-electron chi connectivity index (χ3n) is 4.64. The lowest BCUT2D eigenvalue weighted by molar-refractivity contribution is -0.139. The zero-order valence-corrected chi connectivity index (χ0v) is 20.6. The van der Waals surface area contributed by atoms with Gasteiger partial charge in [-0.1, -0.05) is 6.07 Å². The number of carbonyl (C=O) groups excluding carboxylic acids is 3. The van der Waals surface area contributed by atoms with E-state index in [0.717, 1.165) is 0 Å². The zero-order chi connectivity index (χ0) is 26.2. The molecule has 3 aromatic heterocycles. The van der Waals surface area contributed by atoms with Gasteiger partial charge in [-0.15, -0.1) is 0 Å². The predicted molar refractivity (Wildman–Crippen MR) is 130 cm³/mol. The Bertz CT molecular complexity index is 1230. The summed E-state index contributed by atoms with van der Waals surface area (Å²) in [7, 11) is 4.61. The Morgan fingerprint density at radius 3 is 2.28 bits per heavy atom. The van der Waals surface area contributed by atoms with E-state index < -0.39 is 5.91 Å². The van der Waals surface area contributed by atoms with Crippen molar-refractivity contribution < 1.29 is 28.6 Å². The number of aromatic nitrogens is 3. The molecule has 0 aliphatic heterocycles. The van der Waals surface area contributed by atoms with Crippen molar-refractivity contribution in [2.24, 2.45) is 0 Å². The van der Waals surface area contributed by atoms with Crippen molar-refractivity contribution in [2.45, 2.75) is 26.4 Å². The summed E-state index contributed by atoms with van der Waals surface area (Å²) in [6.45, 7) is 3.66. The van der Waals surface area contributed by atoms with E-state index in [1.807, 2.05) is 13.8 Å². The average molecular weight is 494 g/mol. The van der Waals surface area contributed by atoms with E-state index >= 15 is 0 Å². The summed E-state index contributed by atoms with van der Waals surface area (Å²) in [6, 6.07) is 9.30. The molecule has 0 atom stereocenters. The summed E-state index contributed by atoms with van der Waals surface area (Å²) in [6.07, 6.45) is 2.77. The van der Waals surface area contributed by atoms with Crippen molar-refractivity contribution in [3.05, 3.63) is 65.5 Å². The third kappa shape index (κ3) is 7.23. The van der Waals surface area contributed by atoms with Crippen LogP contribution in [0.25, 0.3) is 0 Å². The molecule has 0 unspecified atom stereocenters. The highest BCUT2D eigenvalue weighted by Gasteiger charge is 2.15. The van der Waals surface area contributed by atoms with Gasteiger partial charge in [0.05, 0.1) is 30.8 Å². The number of carbonyl (C=O) groups is 3. The van der Waals surface area contributed by atoms with Gasteiger partial charge in [-0.05, 0) is 31.5 Å². The van der Waals surface area contributed by atoms with Crippen molar-refractivity contribution in [1.29, 1.82) is 0 Å². The lowest BCUT2D eigenvalue weighted by Crippen LogP contribution is -2.21. The molecule has 0 spiro atoms. The Balaban J connectivity index is 1.79. The molecular formula is C25H27N5O6. The molecule has 36 heavy (non-hydrogen) atoms. The average Bonchev–Trinajstić information content (AvgIpc) is 2.84. The number of nitrogens with zero attached hydrogens (tertiary/aromatic N) is 4. The molecule has 188 valence electrons. The first-order valence-corrected chi connectivity index (χ1v) is 11.0. The van der Waals surface area contributed by atoms with Crippen LogP contribution in [0.3, 0.4) is 0 Å². The molecule has 0 radical (unpaired) electrons. The summed E-state index contributed by atoms with van der Waals surface area (Å²) < 4.78 is 16.0. The highest BCUT2D eigenvalue weighted by molar-refractivity contribution is 6.04. The second-order valence-electron chi connectivity index (χ2n) is 8.14. The fourth-order valence-corrected chi connectivity index (χ4v) is 2.93. The topological polar surface area (TPSA) is 133 Å². The number of esters is 1. The van der Waals surface area contributed by atoms with Crippen LogP contribution in [0.5, 0.6) is 17.6 Å². The predicted octanol–water partition coefficient (Wildman–Crippen LogP) is 3.12. The molecule has 1 N–H and O–H groups in total. The molecule has 11 nitrogen and oxygen atoms in total. The van der Waals surface area contributed by atoms with Gasteiger partial charge >= 0.3 is 5.97 Å². The molecule has 0 fully saturated rings. The standard InChI is InChI=1S/C25H27N5O6/c1-15(2)35-21-11-18(24(32)28-19-8-6-16(13-26-19)10-23(31)34-5)12-22(29-21)36-20-9-7-17(14-27-20)25(33)30(3)4/h6-9,11-15H,10H2,1-5H3,(H,26,28,32). The number of anilines is 1. The number of rotatable bonds is 9. The Morgan fingerprint density at radius 1 is 0.944 bits per heavy atom. The Kier molecular flexibility index (Phi) is 8.50. The van der Waals surface area contributed by atoms with E-state index in [1.54, 1.807) is 32.3 Å². The van der Waals surface area contributed by atoms with Crippen LogP contribution in [-0.2, 0) is 16.0 Å². The molecule has 2 amide bonds. The second-order valence-corrected chi connectivity index (χ2v) is 8.14. The zero-order valence-electron chi connectivity index (χ0n) is 20.6. The minimum atomic E-state index is -0.469. The number of ether oxygens (including phenoxy) is 3. The molecule has 0 aliphatic rings. The summed E-state index contributed by atoms with van der Waals surface area (Å²) in [5.74, 6) is -0.290. The summed E-state index contributed by atoms with van der Waals surface area (Å²) in [5.41, 5.74) is 1.27. The lowest BCUT2D eigenvalue weighted by Gasteiger charge is -2.13. The molecule has 0 saturated carbocycles. The normalized spacial score (nSPS) is 10.5. The Hall–Kier alpha value is -4.54. The second kappa shape index (κ2) is 11.7. The van der Waals surface area contributed by atoms with Crippen LogP contribution in [0.4, 0.5) is 5.82 Å². The van der Waals surface area contributed by atoms with E-state index in [1.165, 1.54) is 42.6 Å². The molecule has 3 heterocycles. The third-order valence-corrected chi connectivity index (χ3v) is 4.64. The molecular weight excluding hydrogens is 466 g/mol. The van der Waals surface area contributed by atoms with E-state index in [4.69, 9.17) is 9.47 Å². The van der Waals surface area contributed by atoms with E-state index in [-0.39, 0.29) is 47.6 Å². The van der Waals surface area contributed by atoms with Gasteiger partial charge in [-0.3, -0.25) is 14.4 Å². The summed E-state index contributed by atoms with van der Waals surface area (Å²) in [5, 5.41) is 2.69. The van der Waals surface area contributed by atoms with Gasteiger partial charge in [-0.2, -0.15) is 4.98 Å². The first-order chi connectivity index (χ1) is 17.1. The number of amides is 2. The number of nitrogens with one attached hydrogen (secondary N) is 1. The van der Waals surface area contributed by atoms with Gasteiger partial charge in [0, 0.05) is 44.7 Å². The van der Waals surface area contributed by atoms with Gasteiger partial charge in [-0.25, -0.2) is 9.97 Å². The van der Waals surface area contributed by atoms with Crippen molar-refractivity contribution in [3.63, 3.8) is 0 Å². The molecule has 3 rings (SSSR count). The first-order valence-electron chi connectivity index (χ1n) is 11.0. The maximum Gasteiger partial charge on any atom is 0.310 e. The molecule has 0 aromatic carbocycles. The quantitative estimate of drug-likeness (QED) is 0.446. The highest BCUT2D eigenvalue weighted by atomic mass is 16.5. The largest absolute Gasteiger partial charge is 0.475 e. The van der Waals surface area contributed by atoms with Crippen molar-refractivity contribution in [3.8, 4) is 17.6 Å². The maximum atomic E-state index is 12.9. The fourth-order valence-electron chi connectivity index (χ4n) is 2.93. The van der Waals surface area contributed by atoms with Crippen molar-refractivity contribution >= 4 is 23.6 Å². The lowest BCUT2D eigenvalue weighted by atomic mass is 10.2. The van der Waals surface area contributed by atoms with E-state index in [0.29, 0.717) is 16.9 Å². The molecule has 0 aliphatic carbocycles. The van der Waals surface area contributed by atoms with Crippen LogP contribution < -0.4 is 14.8 Å². The SMILES string of the molecule is COC(=O)Cc1ccc(NC(=O)c2cc(Oc3ccc(C(=O)N(C)C)cn3)nc(OC(C)C)c2)nc1. The monoisotopic (exact) mass is 493 g/mol. The number of hydrogen-bond donors (Lipinski definition) is 1. The first kappa shape index (κ1) is 26.1. The molecule has 11 heteroatoms. The van der Waals surface area contributed by atoms with Crippen LogP contribution in [0.2, 0.25) is 0 Å². The molecule has 3 aromatic rings. The van der Waals surface area contributed by atoms with E-state index in [9.17, 15) is 14.4 Å². The van der Waals surface area contributed by atoms with Crippen LogP contribution >= 0.6 is 0 Å². The van der Waals surface area contributed by atoms with Gasteiger partial charge in [0.2, 0.25) is 17.6 Å². The minimum absolute atomic E-state index is 0.0804. The fraction of sp³-hybridized carbons (Fsp3) is 0.280. The Labute approximate surface area is 208 Å². The van der Waals surface area contributed by atoms with Crippen molar-refractivity contribution in [2.75, 3.05) is 26.5 Å². The van der Waals surface area contributed by atoms with Crippen LogP contribution in [-0.4, -0.2) is 64.9 Å². The number of pyridine rings is 3.